The Morgan fingerprint density at radius 1 is 1.15 bits per heavy atom. The van der Waals surface area contributed by atoms with Crippen molar-refractivity contribution in [3.05, 3.63) is 35.4 Å². The molecule has 0 saturated heterocycles. The first kappa shape index (κ1) is 15.5. The van der Waals surface area contributed by atoms with E-state index in [4.69, 9.17) is 0 Å². The topological polar surface area (TPSA) is 24.1 Å². The van der Waals surface area contributed by atoms with Gasteiger partial charge in [0.15, 0.2) is 0 Å². The van der Waals surface area contributed by atoms with Gasteiger partial charge in [0.1, 0.15) is 0 Å². The van der Waals surface area contributed by atoms with E-state index in [0.29, 0.717) is 0 Å². The van der Waals surface area contributed by atoms with Gasteiger partial charge in [0, 0.05) is 6.54 Å². The highest BCUT2D eigenvalue weighted by Crippen LogP contribution is 2.30. The monoisotopic (exact) mass is 274 g/mol. The second kappa shape index (κ2) is 8.43. The van der Waals surface area contributed by atoms with E-state index in [0.717, 1.165) is 38.0 Å². The first-order valence-corrected chi connectivity index (χ1v) is 8.26. The summed E-state index contributed by atoms with van der Waals surface area (Å²) < 4.78 is 0. The molecule has 1 aliphatic rings. The molecule has 2 nitrogen and oxygen atoms in total. The van der Waals surface area contributed by atoms with E-state index in [9.17, 15) is 0 Å². The lowest BCUT2D eigenvalue weighted by molar-refractivity contribution is 0.490. The molecule has 0 bridgehead atoms. The van der Waals surface area contributed by atoms with E-state index in [2.05, 4.69) is 48.7 Å². The van der Waals surface area contributed by atoms with Crippen molar-refractivity contribution in [2.24, 2.45) is 5.92 Å². The van der Waals surface area contributed by atoms with Crippen molar-refractivity contribution in [1.82, 2.24) is 10.6 Å². The summed E-state index contributed by atoms with van der Waals surface area (Å²) in [4.78, 5) is 0. The Hall–Kier alpha value is -0.860. The normalized spacial score (nSPS) is 18.2. The maximum atomic E-state index is 3.64. The largest absolute Gasteiger partial charge is 0.316 e. The van der Waals surface area contributed by atoms with Gasteiger partial charge < -0.3 is 10.6 Å². The third-order valence-electron chi connectivity index (χ3n) is 4.14. The summed E-state index contributed by atoms with van der Waals surface area (Å²) in [6, 6.07) is 8.99. The predicted molar refractivity (Wildman–Crippen MR) is 87.3 cm³/mol. The molecule has 0 amide bonds. The summed E-state index contributed by atoms with van der Waals surface area (Å²) in [7, 11) is 0. The summed E-state index contributed by atoms with van der Waals surface area (Å²) in [5, 5.41) is 7.14. The average molecular weight is 274 g/mol. The standard InChI is InChI=1S/C18H30N2/c1-15(2)13-19-11-6-12-20-14-17-9-5-8-16-7-3-4-10-18(16)17/h3-4,7,10,15,17,19-20H,5-6,8-9,11-14H2,1-2H3. The third-order valence-corrected chi connectivity index (χ3v) is 4.14. The van der Waals surface area contributed by atoms with Crippen LogP contribution >= 0.6 is 0 Å². The highest BCUT2D eigenvalue weighted by Gasteiger charge is 2.18. The fraction of sp³-hybridized carbons (Fsp3) is 0.667. The van der Waals surface area contributed by atoms with Gasteiger partial charge in [-0.25, -0.2) is 0 Å². The second-order valence-electron chi connectivity index (χ2n) is 6.44. The van der Waals surface area contributed by atoms with Crippen molar-refractivity contribution in [1.29, 1.82) is 0 Å². The Labute approximate surface area is 124 Å². The molecule has 0 spiro atoms. The SMILES string of the molecule is CC(C)CNCCCNCC1CCCc2ccccc21. The Balaban J connectivity index is 1.63. The minimum absolute atomic E-state index is 0.726. The van der Waals surface area contributed by atoms with Crippen LogP contribution in [0.5, 0.6) is 0 Å². The number of hydrogen-bond acceptors (Lipinski definition) is 2. The van der Waals surface area contributed by atoms with Crippen LogP contribution in [0.2, 0.25) is 0 Å². The fourth-order valence-electron chi connectivity index (χ4n) is 3.07. The lowest BCUT2D eigenvalue weighted by Crippen LogP contribution is -2.28. The van der Waals surface area contributed by atoms with E-state index >= 15 is 0 Å². The van der Waals surface area contributed by atoms with Crippen molar-refractivity contribution in [3.63, 3.8) is 0 Å². The molecule has 112 valence electrons. The molecular formula is C18H30N2. The van der Waals surface area contributed by atoms with Gasteiger partial charge in [-0.15, -0.1) is 0 Å². The highest BCUT2D eigenvalue weighted by atomic mass is 14.9. The van der Waals surface area contributed by atoms with Crippen molar-refractivity contribution in [3.8, 4) is 0 Å². The molecule has 0 fully saturated rings. The van der Waals surface area contributed by atoms with Crippen LogP contribution in [0.3, 0.4) is 0 Å². The number of hydrogen-bond donors (Lipinski definition) is 2. The smallest absolute Gasteiger partial charge is 0.00202 e. The Morgan fingerprint density at radius 2 is 1.95 bits per heavy atom. The molecule has 0 saturated carbocycles. The molecule has 2 rings (SSSR count). The highest BCUT2D eigenvalue weighted by molar-refractivity contribution is 5.32. The molecule has 1 aromatic carbocycles. The first-order valence-electron chi connectivity index (χ1n) is 8.26. The zero-order valence-electron chi connectivity index (χ0n) is 13.1. The van der Waals surface area contributed by atoms with Gasteiger partial charge in [-0.2, -0.15) is 0 Å². The summed E-state index contributed by atoms with van der Waals surface area (Å²) in [6.07, 6.45) is 5.18. The minimum Gasteiger partial charge on any atom is -0.316 e. The molecule has 2 heteroatoms. The quantitative estimate of drug-likeness (QED) is 0.711. The number of fused-ring (bicyclic) bond motifs is 1. The predicted octanol–water partition coefficient (Wildman–Crippen LogP) is 3.33. The molecule has 1 unspecified atom stereocenters. The average Bonchev–Trinajstić information content (AvgIpc) is 2.46. The molecule has 1 atom stereocenters. The molecule has 0 heterocycles. The van der Waals surface area contributed by atoms with Gasteiger partial charge in [-0.1, -0.05) is 38.1 Å². The van der Waals surface area contributed by atoms with Crippen LogP contribution in [0.4, 0.5) is 0 Å². The van der Waals surface area contributed by atoms with Crippen LogP contribution in [0.15, 0.2) is 24.3 Å². The number of benzene rings is 1. The molecule has 1 aliphatic carbocycles. The molecular weight excluding hydrogens is 244 g/mol. The Morgan fingerprint density at radius 3 is 2.80 bits per heavy atom. The fourth-order valence-corrected chi connectivity index (χ4v) is 3.07. The Kier molecular flexibility index (Phi) is 6.55. The van der Waals surface area contributed by atoms with Crippen molar-refractivity contribution in [2.45, 2.75) is 45.4 Å². The van der Waals surface area contributed by atoms with Crippen LogP contribution in [0.25, 0.3) is 0 Å². The third kappa shape index (κ3) is 4.92. The number of aryl methyl sites for hydroxylation is 1. The van der Waals surface area contributed by atoms with E-state index in [-0.39, 0.29) is 0 Å². The van der Waals surface area contributed by atoms with Gasteiger partial charge in [-0.05, 0) is 68.3 Å². The maximum Gasteiger partial charge on any atom is 0.00202 e. The van der Waals surface area contributed by atoms with Gasteiger partial charge in [-0.3, -0.25) is 0 Å². The van der Waals surface area contributed by atoms with Crippen LogP contribution in [0.1, 0.15) is 50.2 Å². The van der Waals surface area contributed by atoms with Gasteiger partial charge in [0.25, 0.3) is 0 Å². The maximum absolute atomic E-state index is 3.64. The van der Waals surface area contributed by atoms with Crippen molar-refractivity contribution >= 4 is 0 Å². The number of nitrogens with one attached hydrogen (secondary N) is 2. The summed E-state index contributed by atoms with van der Waals surface area (Å²) >= 11 is 0. The van der Waals surface area contributed by atoms with E-state index in [1.165, 1.54) is 25.7 Å². The number of rotatable bonds is 8. The van der Waals surface area contributed by atoms with Gasteiger partial charge in [0.05, 0.1) is 0 Å². The molecule has 0 aromatic heterocycles. The van der Waals surface area contributed by atoms with Crippen molar-refractivity contribution < 1.29 is 0 Å². The lowest BCUT2D eigenvalue weighted by atomic mass is 9.83. The van der Waals surface area contributed by atoms with Gasteiger partial charge in [0.2, 0.25) is 0 Å². The second-order valence-corrected chi connectivity index (χ2v) is 6.44. The van der Waals surface area contributed by atoms with Crippen LogP contribution in [0, 0.1) is 5.92 Å². The zero-order chi connectivity index (χ0) is 14.2. The van der Waals surface area contributed by atoms with E-state index in [1.807, 2.05) is 0 Å². The molecule has 0 radical (unpaired) electrons. The Bertz CT molecular complexity index is 387. The molecule has 20 heavy (non-hydrogen) atoms. The summed E-state index contributed by atoms with van der Waals surface area (Å²) in [5.74, 6) is 1.48. The van der Waals surface area contributed by atoms with E-state index < -0.39 is 0 Å². The van der Waals surface area contributed by atoms with Crippen LogP contribution < -0.4 is 10.6 Å². The lowest BCUT2D eigenvalue weighted by Gasteiger charge is -2.25. The molecule has 2 N–H and O–H groups in total. The van der Waals surface area contributed by atoms with Gasteiger partial charge >= 0.3 is 0 Å². The zero-order valence-corrected chi connectivity index (χ0v) is 13.1. The molecule has 1 aromatic rings. The van der Waals surface area contributed by atoms with Crippen LogP contribution in [-0.4, -0.2) is 26.2 Å². The summed E-state index contributed by atoms with van der Waals surface area (Å²) in [5.41, 5.74) is 3.16. The van der Waals surface area contributed by atoms with Crippen molar-refractivity contribution in [2.75, 3.05) is 26.2 Å². The van der Waals surface area contributed by atoms with E-state index in [1.54, 1.807) is 11.1 Å². The minimum atomic E-state index is 0.726. The first-order chi connectivity index (χ1) is 9.77. The summed E-state index contributed by atoms with van der Waals surface area (Å²) in [6.45, 7) is 9.05. The molecule has 0 aliphatic heterocycles. The van der Waals surface area contributed by atoms with Crippen LogP contribution in [-0.2, 0) is 6.42 Å².